The van der Waals surface area contributed by atoms with Gasteiger partial charge in [-0.1, -0.05) is 41.5 Å². The van der Waals surface area contributed by atoms with Crippen LogP contribution in [0.4, 0.5) is 0 Å². The maximum absolute atomic E-state index is 12.8. The Morgan fingerprint density at radius 3 is 2.58 bits per heavy atom. The summed E-state index contributed by atoms with van der Waals surface area (Å²) in [6.07, 6.45) is 1.44. The van der Waals surface area contributed by atoms with Crippen LogP contribution in [0.15, 0.2) is 53.4 Å². The highest BCUT2D eigenvalue weighted by molar-refractivity contribution is 7.89. The highest BCUT2D eigenvalue weighted by Crippen LogP contribution is 2.25. The van der Waals surface area contributed by atoms with Crippen molar-refractivity contribution >= 4 is 21.9 Å². The first-order valence-corrected chi connectivity index (χ1v) is 11.6. The van der Waals surface area contributed by atoms with Crippen LogP contribution in [0.1, 0.15) is 40.7 Å². The highest BCUT2D eigenvalue weighted by atomic mass is 32.2. The Morgan fingerprint density at radius 2 is 1.87 bits per heavy atom. The van der Waals surface area contributed by atoms with Crippen molar-refractivity contribution in [3.63, 3.8) is 0 Å². The van der Waals surface area contributed by atoms with E-state index in [-0.39, 0.29) is 23.8 Å². The smallest absolute Gasteiger partial charge is 0.327 e. The minimum atomic E-state index is -3.59. The van der Waals surface area contributed by atoms with Gasteiger partial charge in [0.25, 0.3) is 5.91 Å². The summed E-state index contributed by atoms with van der Waals surface area (Å²) in [6, 6.07) is 13.7. The van der Waals surface area contributed by atoms with Gasteiger partial charge in [-0.25, -0.2) is 8.42 Å². The van der Waals surface area contributed by atoms with Crippen LogP contribution >= 0.6 is 0 Å². The number of hydrogen-bond acceptors (Lipinski definition) is 6. The quantitative estimate of drug-likeness (QED) is 0.635. The summed E-state index contributed by atoms with van der Waals surface area (Å²) < 4.78 is 27.0. The van der Waals surface area contributed by atoms with E-state index < -0.39 is 21.9 Å². The molecular weight excluding hydrogens is 418 g/mol. The molecule has 9 heteroatoms. The molecule has 8 nitrogen and oxygen atoms in total. The molecule has 1 aliphatic rings. The van der Waals surface area contributed by atoms with E-state index >= 15 is 0 Å². The fraction of sp³-hybridized carbons (Fsp3) is 0.364. The SMILES string of the molecule is Cc1ccc(C(=O)NNOC(=O)CC2CCCN(S(=O)(=O)c3ccccc3)C2)c(C)c1. The molecule has 1 heterocycles. The van der Waals surface area contributed by atoms with Crippen LogP contribution in [0.25, 0.3) is 0 Å². The van der Waals surface area contributed by atoms with E-state index in [0.717, 1.165) is 17.5 Å². The molecule has 1 saturated heterocycles. The third-order valence-corrected chi connectivity index (χ3v) is 7.15. The Morgan fingerprint density at radius 1 is 1.13 bits per heavy atom. The maximum Gasteiger partial charge on any atom is 0.327 e. The van der Waals surface area contributed by atoms with Crippen molar-refractivity contribution in [3.8, 4) is 0 Å². The molecule has 0 bridgehead atoms. The van der Waals surface area contributed by atoms with Gasteiger partial charge in [0.15, 0.2) is 0 Å². The predicted octanol–water partition coefficient (Wildman–Crippen LogP) is 2.49. The summed E-state index contributed by atoms with van der Waals surface area (Å²) in [5.74, 6) is -1.13. The van der Waals surface area contributed by atoms with Crippen molar-refractivity contribution in [2.75, 3.05) is 13.1 Å². The molecule has 0 radical (unpaired) electrons. The van der Waals surface area contributed by atoms with Crippen LogP contribution in [-0.2, 0) is 19.7 Å². The lowest BCUT2D eigenvalue weighted by Crippen LogP contribution is -2.42. The Balaban J connectivity index is 1.48. The van der Waals surface area contributed by atoms with E-state index in [1.54, 1.807) is 36.4 Å². The third kappa shape index (κ3) is 5.90. The first-order chi connectivity index (χ1) is 14.8. The summed E-state index contributed by atoms with van der Waals surface area (Å²) in [5, 5.41) is 0. The molecule has 0 spiro atoms. The van der Waals surface area contributed by atoms with Crippen LogP contribution in [0.3, 0.4) is 0 Å². The molecular formula is C22H27N3O5S. The van der Waals surface area contributed by atoms with Gasteiger partial charge in [-0.2, -0.15) is 4.31 Å². The van der Waals surface area contributed by atoms with Gasteiger partial charge < -0.3 is 4.84 Å². The molecule has 1 unspecified atom stereocenters. The van der Waals surface area contributed by atoms with Crippen molar-refractivity contribution in [2.45, 2.75) is 38.0 Å². The van der Waals surface area contributed by atoms with Gasteiger partial charge >= 0.3 is 5.97 Å². The molecule has 0 saturated carbocycles. The zero-order chi connectivity index (χ0) is 22.4. The molecule has 1 atom stereocenters. The van der Waals surface area contributed by atoms with E-state index in [2.05, 4.69) is 11.0 Å². The van der Waals surface area contributed by atoms with Crippen molar-refractivity contribution in [3.05, 3.63) is 65.2 Å². The molecule has 1 aliphatic heterocycles. The highest BCUT2D eigenvalue weighted by Gasteiger charge is 2.31. The normalized spacial score (nSPS) is 17.2. The van der Waals surface area contributed by atoms with Crippen LogP contribution in [0.5, 0.6) is 0 Å². The second kappa shape index (κ2) is 10.0. The van der Waals surface area contributed by atoms with Crippen molar-refractivity contribution < 1.29 is 22.8 Å². The standard InChI is InChI=1S/C22H27N3O5S/c1-16-10-11-20(17(2)13-16)22(27)23-24-30-21(26)14-18-7-6-12-25(15-18)31(28,29)19-8-4-3-5-9-19/h3-5,8-11,13,18,24H,6-7,12,14-15H2,1-2H3,(H,23,27). The van der Waals surface area contributed by atoms with Crippen molar-refractivity contribution in [2.24, 2.45) is 5.92 Å². The van der Waals surface area contributed by atoms with Crippen LogP contribution in [0, 0.1) is 19.8 Å². The van der Waals surface area contributed by atoms with E-state index in [1.807, 2.05) is 26.0 Å². The average molecular weight is 446 g/mol. The number of nitrogens with one attached hydrogen (secondary N) is 2. The van der Waals surface area contributed by atoms with Gasteiger partial charge in [0.2, 0.25) is 10.0 Å². The topological polar surface area (TPSA) is 105 Å². The molecule has 2 N–H and O–H groups in total. The molecule has 166 valence electrons. The summed E-state index contributed by atoms with van der Waals surface area (Å²) in [7, 11) is -3.59. The van der Waals surface area contributed by atoms with Gasteiger partial charge in [-0.3, -0.25) is 15.0 Å². The van der Waals surface area contributed by atoms with E-state index in [4.69, 9.17) is 4.84 Å². The molecule has 3 rings (SSSR count). The second-order valence-electron chi connectivity index (χ2n) is 7.74. The monoisotopic (exact) mass is 445 g/mol. The first kappa shape index (κ1) is 22.9. The van der Waals surface area contributed by atoms with Gasteiger partial charge in [0.05, 0.1) is 11.3 Å². The van der Waals surface area contributed by atoms with E-state index in [1.165, 1.54) is 4.31 Å². The largest absolute Gasteiger partial charge is 0.351 e. The maximum atomic E-state index is 12.8. The fourth-order valence-electron chi connectivity index (χ4n) is 3.70. The Bertz CT molecular complexity index is 1040. The minimum absolute atomic E-state index is 0.0488. The average Bonchev–Trinajstić information content (AvgIpc) is 2.74. The molecule has 2 aromatic carbocycles. The Kier molecular flexibility index (Phi) is 7.42. The molecule has 1 amide bonds. The molecule has 0 aliphatic carbocycles. The Labute approximate surface area is 182 Å². The second-order valence-corrected chi connectivity index (χ2v) is 9.68. The van der Waals surface area contributed by atoms with Gasteiger partial charge in [-0.15, -0.1) is 0 Å². The number of sulfonamides is 1. The van der Waals surface area contributed by atoms with Gasteiger partial charge in [0.1, 0.15) is 0 Å². The lowest BCUT2D eigenvalue weighted by molar-refractivity contribution is -0.154. The number of carbonyl (C=O) groups excluding carboxylic acids is 2. The van der Waals surface area contributed by atoms with Crippen molar-refractivity contribution in [1.82, 2.24) is 15.3 Å². The number of hydrazine groups is 1. The first-order valence-electron chi connectivity index (χ1n) is 10.1. The summed E-state index contributed by atoms with van der Waals surface area (Å²) in [4.78, 5) is 29.5. The number of aryl methyl sites for hydroxylation is 2. The number of amides is 1. The Hall–Kier alpha value is -2.75. The molecule has 31 heavy (non-hydrogen) atoms. The molecule has 0 aromatic heterocycles. The third-order valence-electron chi connectivity index (χ3n) is 5.27. The van der Waals surface area contributed by atoms with E-state index in [9.17, 15) is 18.0 Å². The minimum Gasteiger partial charge on any atom is -0.351 e. The zero-order valence-corrected chi connectivity index (χ0v) is 18.4. The van der Waals surface area contributed by atoms with Crippen LogP contribution < -0.4 is 11.0 Å². The number of piperidine rings is 1. The number of nitrogens with zero attached hydrogens (tertiary/aromatic N) is 1. The summed E-state index contributed by atoms with van der Waals surface area (Å²) in [6.45, 7) is 4.44. The van der Waals surface area contributed by atoms with Crippen LogP contribution in [0.2, 0.25) is 0 Å². The lowest BCUT2D eigenvalue weighted by atomic mass is 9.96. The number of rotatable bonds is 7. The predicted molar refractivity (Wildman–Crippen MR) is 115 cm³/mol. The van der Waals surface area contributed by atoms with Gasteiger partial charge in [0, 0.05) is 18.7 Å². The zero-order valence-electron chi connectivity index (χ0n) is 17.6. The molecule has 1 fully saturated rings. The van der Waals surface area contributed by atoms with Crippen LogP contribution in [-0.4, -0.2) is 37.7 Å². The number of hydrogen-bond donors (Lipinski definition) is 2. The fourth-order valence-corrected chi connectivity index (χ4v) is 5.27. The van der Waals surface area contributed by atoms with Gasteiger partial charge in [-0.05, 0) is 56.4 Å². The molecule has 2 aromatic rings. The van der Waals surface area contributed by atoms with E-state index in [0.29, 0.717) is 18.5 Å². The number of carbonyl (C=O) groups is 2. The van der Waals surface area contributed by atoms with Crippen molar-refractivity contribution in [1.29, 1.82) is 0 Å². The summed E-state index contributed by atoms with van der Waals surface area (Å²) in [5.41, 5.74) is 6.88. The number of benzene rings is 2. The lowest BCUT2D eigenvalue weighted by Gasteiger charge is -2.31. The summed E-state index contributed by atoms with van der Waals surface area (Å²) >= 11 is 0.